The summed E-state index contributed by atoms with van der Waals surface area (Å²) in [5.41, 5.74) is 0.908. The average molecular weight is 427 g/mol. The third kappa shape index (κ3) is 4.60. The van der Waals surface area contributed by atoms with E-state index in [0.29, 0.717) is 24.6 Å². The lowest BCUT2D eigenvalue weighted by Gasteiger charge is -2.06. The number of sulfonamides is 1. The van der Waals surface area contributed by atoms with Crippen molar-refractivity contribution < 1.29 is 17.5 Å². The smallest absolute Gasteiger partial charge is 0.285 e. The highest BCUT2D eigenvalue weighted by atomic mass is 32.2. The van der Waals surface area contributed by atoms with Gasteiger partial charge in [0.25, 0.3) is 10.0 Å². The maximum absolute atomic E-state index is 13.1. The fraction of sp³-hybridized carbons (Fsp3) is 0.278. The number of fused-ring (bicyclic) bond motifs is 1. The van der Waals surface area contributed by atoms with Crippen molar-refractivity contribution in [1.82, 2.24) is 4.57 Å². The van der Waals surface area contributed by atoms with Crippen LogP contribution < -0.4 is 4.80 Å². The standard InChI is InChI=1S/C18H19FN2O3S3/c1-3-24-11-10-21-16-9-6-14(25-2)12-17(16)26-18(21)20-27(22,23)15-7-4-13(19)5-8-15/h4-9,12H,3,10-11H2,1-2H3/b20-18-. The Morgan fingerprint density at radius 2 is 1.96 bits per heavy atom. The van der Waals surface area contributed by atoms with Crippen molar-refractivity contribution in [2.45, 2.75) is 23.3 Å². The molecule has 0 saturated carbocycles. The molecule has 0 radical (unpaired) electrons. The van der Waals surface area contributed by atoms with Crippen LogP contribution in [-0.2, 0) is 21.3 Å². The number of hydrogen-bond donors (Lipinski definition) is 0. The lowest BCUT2D eigenvalue weighted by molar-refractivity contribution is 0.139. The monoisotopic (exact) mass is 426 g/mol. The molecule has 0 aliphatic rings. The molecule has 0 atom stereocenters. The molecule has 3 aromatic rings. The molecule has 2 aromatic carbocycles. The Morgan fingerprint density at radius 1 is 1.22 bits per heavy atom. The summed E-state index contributed by atoms with van der Waals surface area (Å²) in [6.07, 6.45) is 1.99. The molecule has 0 bridgehead atoms. The number of aromatic nitrogens is 1. The fourth-order valence-corrected chi connectivity index (χ4v) is 5.34. The highest BCUT2D eigenvalue weighted by Crippen LogP contribution is 2.24. The van der Waals surface area contributed by atoms with E-state index >= 15 is 0 Å². The number of benzene rings is 2. The van der Waals surface area contributed by atoms with E-state index in [4.69, 9.17) is 4.74 Å². The van der Waals surface area contributed by atoms with Gasteiger partial charge in [0.15, 0.2) is 0 Å². The second-order valence-electron chi connectivity index (χ2n) is 5.59. The number of hydrogen-bond acceptors (Lipinski definition) is 5. The number of nitrogens with zero attached hydrogens (tertiary/aromatic N) is 2. The van der Waals surface area contributed by atoms with Crippen molar-refractivity contribution in [2.24, 2.45) is 4.40 Å². The minimum atomic E-state index is -3.94. The number of halogens is 1. The van der Waals surface area contributed by atoms with Crippen LogP contribution in [0.1, 0.15) is 6.92 Å². The first-order chi connectivity index (χ1) is 12.9. The van der Waals surface area contributed by atoms with Crippen LogP contribution in [0.5, 0.6) is 0 Å². The van der Waals surface area contributed by atoms with Gasteiger partial charge in [-0.2, -0.15) is 8.42 Å². The predicted octanol–water partition coefficient (Wildman–Crippen LogP) is 3.89. The first kappa shape index (κ1) is 20.1. The summed E-state index contributed by atoms with van der Waals surface area (Å²) in [6.45, 7) is 3.44. The Morgan fingerprint density at radius 3 is 2.63 bits per heavy atom. The van der Waals surface area contributed by atoms with Crippen LogP contribution in [0.3, 0.4) is 0 Å². The molecule has 0 N–H and O–H groups in total. The van der Waals surface area contributed by atoms with Gasteiger partial charge < -0.3 is 9.30 Å². The van der Waals surface area contributed by atoms with E-state index in [0.717, 1.165) is 27.2 Å². The van der Waals surface area contributed by atoms with Gasteiger partial charge in [0, 0.05) is 18.0 Å². The summed E-state index contributed by atoms with van der Waals surface area (Å²) >= 11 is 2.93. The Bertz CT molecular complexity index is 1100. The molecule has 1 heterocycles. The molecule has 5 nitrogen and oxygen atoms in total. The molecule has 144 valence electrons. The van der Waals surface area contributed by atoms with Gasteiger partial charge in [-0.1, -0.05) is 11.3 Å². The molecule has 1 aromatic heterocycles. The number of rotatable bonds is 7. The van der Waals surface area contributed by atoms with Gasteiger partial charge in [-0.05, 0) is 55.6 Å². The largest absolute Gasteiger partial charge is 0.380 e. The van der Waals surface area contributed by atoms with Crippen LogP contribution >= 0.6 is 23.1 Å². The van der Waals surface area contributed by atoms with E-state index in [1.807, 2.05) is 35.9 Å². The van der Waals surface area contributed by atoms with Crippen LogP contribution in [0, 0.1) is 5.82 Å². The van der Waals surface area contributed by atoms with Gasteiger partial charge in [-0.3, -0.25) is 0 Å². The first-order valence-electron chi connectivity index (χ1n) is 8.26. The fourth-order valence-electron chi connectivity index (χ4n) is 2.53. The van der Waals surface area contributed by atoms with Gasteiger partial charge in [0.05, 0.1) is 21.7 Å². The molecule has 0 amide bonds. The number of ether oxygens (including phenoxy) is 1. The Balaban J connectivity index is 2.14. The third-order valence-corrected chi connectivity index (χ3v) is 7.03. The zero-order valence-electron chi connectivity index (χ0n) is 14.9. The van der Waals surface area contributed by atoms with Gasteiger partial charge in [0.1, 0.15) is 5.82 Å². The maximum Gasteiger partial charge on any atom is 0.285 e. The predicted molar refractivity (Wildman–Crippen MR) is 107 cm³/mol. The molecular weight excluding hydrogens is 407 g/mol. The molecule has 9 heteroatoms. The molecule has 0 spiro atoms. The molecule has 0 saturated heterocycles. The topological polar surface area (TPSA) is 60.7 Å². The van der Waals surface area contributed by atoms with E-state index in [1.54, 1.807) is 11.8 Å². The Labute approximate surface area is 165 Å². The molecule has 0 aliphatic heterocycles. The summed E-state index contributed by atoms with van der Waals surface area (Å²) in [5, 5.41) is 0. The van der Waals surface area contributed by atoms with Crippen LogP contribution in [0.4, 0.5) is 4.39 Å². The lowest BCUT2D eigenvalue weighted by Crippen LogP contribution is -2.19. The van der Waals surface area contributed by atoms with E-state index in [1.165, 1.54) is 23.5 Å². The second-order valence-corrected chi connectivity index (χ2v) is 9.08. The molecule has 0 fully saturated rings. The van der Waals surface area contributed by atoms with Crippen molar-refractivity contribution in [3.8, 4) is 0 Å². The third-order valence-electron chi connectivity index (χ3n) is 3.86. The summed E-state index contributed by atoms with van der Waals surface area (Å²) in [7, 11) is -3.94. The Hall–Kier alpha value is -1.68. The molecule has 3 rings (SSSR count). The minimum absolute atomic E-state index is 0.0393. The summed E-state index contributed by atoms with van der Waals surface area (Å²) < 4.78 is 50.7. The van der Waals surface area contributed by atoms with E-state index in [9.17, 15) is 12.8 Å². The number of thiazole rings is 1. The zero-order chi connectivity index (χ0) is 19.4. The normalized spacial score (nSPS) is 12.8. The number of thioether (sulfide) groups is 1. The molecular formula is C18H19FN2O3S3. The van der Waals surface area contributed by atoms with E-state index < -0.39 is 15.8 Å². The van der Waals surface area contributed by atoms with Crippen molar-refractivity contribution in [3.63, 3.8) is 0 Å². The molecule has 0 unspecified atom stereocenters. The summed E-state index contributed by atoms with van der Waals surface area (Å²) in [6, 6.07) is 10.6. The van der Waals surface area contributed by atoms with Crippen molar-refractivity contribution >= 4 is 43.3 Å². The summed E-state index contributed by atoms with van der Waals surface area (Å²) in [5.74, 6) is -0.493. The van der Waals surface area contributed by atoms with Crippen LogP contribution in [0.2, 0.25) is 0 Å². The first-order valence-corrected chi connectivity index (χ1v) is 11.7. The van der Waals surface area contributed by atoms with Crippen LogP contribution in [-0.4, -0.2) is 32.5 Å². The van der Waals surface area contributed by atoms with Gasteiger partial charge in [-0.15, -0.1) is 16.2 Å². The summed E-state index contributed by atoms with van der Waals surface area (Å²) in [4.78, 5) is 1.42. The minimum Gasteiger partial charge on any atom is -0.380 e. The van der Waals surface area contributed by atoms with Gasteiger partial charge in [-0.25, -0.2) is 4.39 Å². The zero-order valence-corrected chi connectivity index (χ0v) is 17.3. The van der Waals surface area contributed by atoms with Gasteiger partial charge in [0.2, 0.25) is 4.80 Å². The van der Waals surface area contributed by atoms with E-state index in [-0.39, 0.29) is 4.90 Å². The van der Waals surface area contributed by atoms with Crippen LogP contribution in [0.25, 0.3) is 10.2 Å². The van der Waals surface area contributed by atoms with Crippen molar-refractivity contribution in [1.29, 1.82) is 0 Å². The van der Waals surface area contributed by atoms with Crippen molar-refractivity contribution in [3.05, 3.63) is 53.1 Å². The molecule has 0 aliphatic carbocycles. The van der Waals surface area contributed by atoms with E-state index in [2.05, 4.69) is 4.40 Å². The van der Waals surface area contributed by atoms with Crippen LogP contribution in [0.15, 0.2) is 56.7 Å². The van der Waals surface area contributed by atoms with Crippen molar-refractivity contribution in [2.75, 3.05) is 19.5 Å². The van der Waals surface area contributed by atoms with Gasteiger partial charge >= 0.3 is 0 Å². The SMILES string of the molecule is CCOCCn1/c(=N/S(=O)(=O)c2ccc(F)cc2)sc2cc(SC)ccc21. The average Bonchev–Trinajstić information content (AvgIpc) is 2.98. The highest BCUT2D eigenvalue weighted by molar-refractivity contribution is 7.98. The maximum atomic E-state index is 13.1. The quantitative estimate of drug-likeness (QED) is 0.425. The second kappa shape index (κ2) is 8.55. The lowest BCUT2D eigenvalue weighted by atomic mass is 10.3. The highest BCUT2D eigenvalue weighted by Gasteiger charge is 2.15. The Kier molecular flexibility index (Phi) is 6.36. The molecule has 27 heavy (non-hydrogen) atoms.